The molecule has 1 amide bonds. The highest BCUT2D eigenvalue weighted by Crippen LogP contribution is 2.08. The Bertz CT molecular complexity index is 612. The van der Waals surface area contributed by atoms with Crippen LogP contribution < -0.4 is 11.1 Å². The van der Waals surface area contributed by atoms with Gasteiger partial charge in [-0.25, -0.2) is 4.98 Å². The zero-order valence-corrected chi connectivity index (χ0v) is 10.8. The van der Waals surface area contributed by atoms with Crippen LogP contribution in [0.25, 0.3) is 0 Å². The molecule has 2 rings (SSSR count). The molecule has 1 aromatic heterocycles. The fourth-order valence-electron chi connectivity index (χ4n) is 1.52. The quantitative estimate of drug-likeness (QED) is 0.861. The van der Waals surface area contributed by atoms with Gasteiger partial charge in [0.05, 0.1) is 11.4 Å². The molecule has 0 fully saturated rings. The number of carbonyl (C=O) groups excluding carboxylic acids is 1. The van der Waals surface area contributed by atoms with E-state index in [-0.39, 0.29) is 11.9 Å². The SMILES string of the molecule is Cc1nnc(NC(=O)c2cccc(CN)c2)nc1C. The van der Waals surface area contributed by atoms with Gasteiger partial charge in [-0.15, -0.1) is 5.10 Å². The van der Waals surface area contributed by atoms with Crippen molar-refractivity contribution in [2.24, 2.45) is 5.73 Å². The summed E-state index contributed by atoms with van der Waals surface area (Å²) in [5.74, 6) is -0.0772. The Morgan fingerprint density at radius 3 is 2.74 bits per heavy atom. The van der Waals surface area contributed by atoms with E-state index < -0.39 is 0 Å². The van der Waals surface area contributed by atoms with Gasteiger partial charge >= 0.3 is 0 Å². The van der Waals surface area contributed by atoms with Crippen molar-refractivity contribution in [2.45, 2.75) is 20.4 Å². The maximum atomic E-state index is 12.0. The van der Waals surface area contributed by atoms with Crippen LogP contribution in [0.5, 0.6) is 0 Å². The number of hydrogen-bond acceptors (Lipinski definition) is 5. The molecule has 0 atom stereocenters. The lowest BCUT2D eigenvalue weighted by molar-refractivity contribution is 0.102. The Kier molecular flexibility index (Phi) is 3.82. The topological polar surface area (TPSA) is 93.8 Å². The average molecular weight is 257 g/mol. The number of nitrogens with two attached hydrogens (primary N) is 1. The molecule has 2 aromatic rings. The second kappa shape index (κ2) is 5.53. The largest absolute Gasteiger partial charge is 0.326 e. The maximum Gasteiger partial charge on any atom is 0.258 e. The highest BCUT2D eigenvalue weighted by atomic mass is 16.1. The van der Waals surface area contributed by atoms with E-state index in [2.05, 4.69) is 20.5 Å². The number of anilines is 1. The van der Waals surface area contributed by atoms with Crippen LogP contribution >= 0.6 is 0 Å². The Morgan fingerprint density at radius 1 is 1.26 bits per heavy atom. The molecule has 6 heteroatoms. The maximum absolute atomic E-state index is 12.0. The van der Waals surface area contributed by atoms with E-state index in [4.69, 9.17) is 5.73 Å². The minimum Gasteiger partial charge on any atom is -0.326 e. The first-order valence-corrected chi connectivity index (χ1v) is 5.88. The average Bonchev–Trinajstić information content (AvgIpc) is 2.43. The number of benzene rings is 1. The highest BCUT2D eigenvalue weighted by Gasteiger charge is 2.09. The zero-order valence-electron chi connectivity index (χ0n) is 10.8. The van der Waals surface area contributed by atoms with Gasteiger partial charge in [-0.2, -0.15) is 5.10 Å². The van der Waals surface area contributed by atoms with Crippen molar-refractivity contribution in [1.29, 1.82) is 0 Å². The van der Waals surface area contributed by atoms with Crippen LogP contribution in [0.4, 0.5) is 5.95 Å². The van der Waals surface area contributed by atoms with Crippen molar-refractivity contribution < 1.29 is 4.79 Å². The van der Waals surface area contributed by atoms with Crippen LogP contribution in [0, 0.1) is 13.8 Å². The van der Waals surface area contributed by atoms with Crippen molar-refractivity contribution in [2.75, 3.05) is 5.32 Å². The highest BCUT2D eigenvalue weighted by molar-refractivity contribution is 6.03. The van der Waals surface area contributed by atoms with Crippen molar-refractivity contribution in [1.82, 2.24) is 15.2 Å². The van der Waals surface area contributed by atoms with E-state index in [9.17, 15) is 4.79 Å². The van der Waals surface area contributed by atoms with Crippen LogP contribution in [0.15, 0.2) is 24.3 Å². The van der Waals surface area contributed by atoms with Crippen molar-refractivity contribution in [3.8, 4) is 0 Å². The molecule has 0 aliphatic carbocycles. The number of hydrogen-bond donors (Lipinski definition) is 2. The van der Waals surface area contributed by atoms with Gasteiger partial charge in [0.2, 0.25) is 5.95 Å². The van der Waals surface area contributed by atoms with E-state index in [1.54, 1.807) is 18.2 Å². The second-order valence-corrected chi connectivity index (χ2v) is 4.16. The molecule has 1 heterocycles. The molecule has 0 saturated heterocycles. The van der Waals surface area contributed by atoms with E-state index in [0.29, 0.717) is 12.1 Å². The normalized spacial score (nSPS) is 10.3. The second-order valence-electron chi connectivity index (χ2n) is 4.16. The van der Waals surface area contributed by atoms with Crippen LogP contribution in [-0.4, -0.2) is 21.1 Å². The van der Waals surface area contributed by atoms with Crippen LogP contribution in [-0.2, 0) is 6.54 Å². The third kappa shape index (κ3) is 3.11. The van der Waals surface area contributed by atoms with Gasteiger partial charge in [0.15, 0.2) is 0 Å². The number of carbonyl (C=O) groups is 1. The minimum absolute atomic E-state index is 0.200. The summed E-state index contributed by atoms with van der Waals surface area (Å²) in [4.78, 5) is 16.2. The summed E-state index contributed by atoms with van der Waals surface area (Å²) in [7, 11) is 0. The van der Waals surface area contributed by atoms with Gasteiger partial charge in [-0.1, -0.05) is 12.1 Å². The molecular formula is C13H15N5O. The van der Waals surface area contributed by atoms with Crippen molar-refractivity contribution in [3.05, 3.63) is 46.8 Å². The summed E-state index contributed by atoms with van der Waals surface area (Å²) in [5, 5.41) is 10.4. The predicted octanol–water partition coefficient (Wildman–Crippen LogP) is 1.20. The molecule has 0 radical (unpaired) electrons. The summed E-state index contributed by atoms with van der Waals surface area (Å²) < 4.78 is 0. The number of nitrogens with one attached hydrogen (secondary N) is 1. The van der Waals surface area contributed by atoms with Gasteiger partial charge in [-0.3, -0.25) is 10.1 Å². The van der Waals surface area contributed by atoms with Crippen LogP contribution in [0.3, 0.4) is 0 Å². The molecule has 6 nitrogen and oxygen atoms in total. The van der Waals surface area contributed by atoms with E-state index in [1.165, 1.54) is 0 Å². The molecule has 0 unspecified atom stereocenters. The summed E-state index contributed by atoms with van der Waals surface area (Å²) in [6, 6.07) is 7.11. The summed E-state index contributed by atoms with van der Waals surface area (Å²) in [6.45, 7) is 4.02. The number of nitrogens with zero attached hydrogens (tertiary/aromatic N) is 3. The van der Waals surface area contributed by atoms with Gasteiger partial charge in [0, 0.05) is 12.1 Å². The fourth-order valence-corrected chi connectivity index (χ4v) is 1.52. The molecule has 0 saturated carbocycles. The first-order chi connectivity index (χ1) is 9.10. The summed E-state index contributed by atoms with van der Waals surface area (Å²) >= 11 is 0. The smallest absolute Gasteiger partial charge is 0.258 e. The van der Waals surface area contributed by atoms with Crippen LogP contribution in [0.2, 0.25) is 0 Å². The molecule has 0 aliphatic heterocycles. The van der Waals surface area contributed by atoms with E-state index in [1.807, 2.05) is 19.9 Å². The Morgan fingerprint density at radius 2 is 2.05 bits per heavy atom. The standard InChI is InChI=1S/C13H15N5O/c1-8-9(2)17-18-13(15-8)16-12(19)11-5-3-4-10(6-11)7-14/h3-6H,7,14H2,1-2H3,(H,15,16,18,19). The number of aryl methyl sites for hydroxylation is 2. The summed E-state index contributed by atoms with van der Waals surface area (Å²) in [5.41, 5.74) is 8.43. The lowest BCUT2D eigenvalue weighted by atomic mass is 10.1. The van der Waals surface area contributed by atoms with Crippen molar-refractivity contribution >= 4 is 11.9 Å². The molecule has 0 spiro atoms. The third-order valence-electron chi connectivity index (χ3n) is 2.74. The van der Waals surface area contributed by atoms with Crippen molar-refractivity contribution in [3.63, 3.8) is 0 Å². The molecule has 0 aliphatic rings. The first-order valence-electron chi connectivity index (χ1n) is 5.88. The Hall–Kier alpha value is -2.34. The lowest BCUT2D eigenvalue weighted by Gasteiger charge is -2.05. The third-order valence-corrected chi connectivity index (χ3v) is 2.74. The fraction of sp³-hybridized carbons (Fsp3) is 0.231. The molecule has 98 valence electrons. The number of rotatable bonds is 3. The Balaban J connectivity index is 2.18. The first kappa shape index (κ1) is 13.1. The van der Waals surface area contributed by atoms with Gasteiger partial charge < -0.3 is 5.73 Å². The van der Waals surface area contributed by atoms with E-state index in [0.717, 1.165) is 17.0 Å². The van der Waals surface area contributed by atoms with Crippen LogP contribution in [0.1, 0.15) is 27.3 Å². The Labute approximate surface area is 111 Å². The van der Waals surface area contributed by atoms with Gasteiger partial charge in [0.25, 0.3) is 5.91 Å². The number of amides is 1. The van der Waals surface area contributed by atoms with E-state index >= 15 is 0 Å². The minimum atomic E-state index is -0.277. The van der Waals surface area contributed by atoms with Gasteiger partial charge in [0.1, 0.15) is 0 Å². The summed E-state index contributed by atoms with van der Waals surface area (Å²) in [6.07, 6.45) is 0. The predicted molar refractivity (Wildman–Crippen MR) is 71.6 cm³/mol. The number of aromatic nitrogens is 3. The molecule has 3 N–H and O–H groups in total. The molecule has 1 aromatic carbocycles. The lowest BCUT2D eigenvalue weighted by Crippen LogP contribution is -2.16. The molecule has 0 bridgehead atoms. The zero-order chi connectivity index (χ0) is 13.8. The molecular weight excluding hydrogens is 242 g/mol. The molecule has 19 heavy (non-hydrogen) atoms. The van der Waals surface area contributed by atoms with Gasteiger partial charge in [-0.05, 0) is 31.5 Å². The monoisotopic (exact) mass is 257 g/mol.